The van der Waals surface area contributed by atoms with Gasteiger partial charge in [0.25, 0.3) is 0 Å². The Bertz CT molecular complexity index is 721. The van der Waals surface area contributed by atoms with E-state index in [1.165, 1.54) is 103 Å². The normalized spacial score (nSPS) is 54.9. The molecule has 224 valence electrons. The maximum Gasteiger partial charge on any atom is 1.00 e. The van der Waals surface area contributed by atoms with Gasteiger partial charge < -0.3 is 31.9 Å². The van der Waals surface area contributed by atoms with Crippen LogP contribution in [-0.4, -0.2) is 49.3 Å². The van der Waals surface area contributed by atoms with Gasteiger partial charge in [0.05, 0.1) is 24.7 Å². The van der Waals surface area contributed by atoms with Crippen molar-refractivity contribution in [2.45, 2.75) is 152 Å². The predicted molar refractivity (Wildman–Crippen MR) is 158 cm³/mol. The Balaban J connectivity index is 0.00000144. The molecule has 5 heterocycles. The summed E-state index contributed by atoms with van der Waals surface area (Å²) < 4.78 is 0. The van der Waals surface area contributed by atoms with Crippen molar-refractivity contribution >= 4 is 0 Å². The number of nitrogens with zero attached hydrogens (tertiary/aromatic N) is 2. The summed E-state index contributed by atoms with van der Waals surface area (Å²) in [4.78, 5) is 0. The van der Waals surface area contributed by atoms with Gasteiger partial charge in [-0.1, -0.05) is 102 Å². The Morgan fingerprint density at radius 3 is 0.738 bits per heavy atom. The van der Waals surface area contributed by atoms with Crippen LogP contribution in [0.1, 0.15) is 103 Å². The second kappa shape index (κ2) is 13.7. The molecular weight excluding hydrogens is 542 g/mol. The van der Waals surface area contributed by atoms with Gasteiger partial charge in [-0.15, -0.1) is 0 Å². The zero-order valence-corrected chi connectivity index (χ0v) is 30.4. The van der Waals surface area contributed by atoms with Crippen molar-refractivity contribution in [3.05, 3.63) is 10.6 Å². The van der Waals surface area contributed by atoms with Gasteiger partial charge in [-0.3, -0.25) is 10.6 Å². The molecule has 10 heteroatoms. The third kappa shape index (κ3) is 5.73. The van der Waals surface area contributed by atoms with Crippen molar-refractivity contribution in [2.24, 2.45) is 47.3 Å². The van der Waals surface area contributed by atoms with E-state index in [9.17, 15) is 0 Å². The van der Waals surface area contributed by atoms with Crippen LogP contribution in [0.5, 0.6) is 0 Å². The van der Waals surface area contributed by atoms with Crippen molar-refractivity contribution in [1.82, 2.24) is 31.9 Å². The second-order valence-electron chi connectivity index (χ2n) is 15.4. The summed E-state index contributed by atoms with van der Waals surface area (Å²) in [7, 11) is 0. The van der Waals surface area contributed by atoms with Gasteiger partial charge in [0.15, 0.2) is 0 Å². The van der Waals surface area contributed by atoms with E-state index in [4.69, 9.17) is 10.6 Å². The van der Waals surface area contributed by atoms with Crippen LogP contribution in [0, 0.1) is 47.3 Å². The van der Waals surface area contributed by atoms with E-state index >= 15 is 0 Å². The molecule has 9 fully saturated rings. The minimum Gasteiger partial charge on any atom is -0.632 e. The van der Waals surface area contributed by atoms with E-state index in [0.717, 1.165) is 0 Å². The first kappa shape index (κ1) is 32.2. The smallest absolute Gasteiger partial charge is 0.632 e. The van der Waals surface area contributed by atoms with Gasteiger partial charge >= 0.3 is 59.1 Å². The number of rotatable bonds is 0. The topological polar surface area (TPSA) is 100 Å². The van der Waals surface area contributed by atoms with Gasteiger partial charge in [0, 0.05) is 0 Å². The maximum atomic E-state index is 5.61. The molecule has 9 rings (SSSR count). The van der Waals surface area contributed by atoms with Crippen LogP contribution in [-0.2, 0) is 0 Å². The number of hydrogen-bond acceptors (Lipinski definition) is 6. The van der Waals surface area contributed by atoms with Gasteiger partial charge in [0.1, 0.15) is 0 Å². The van der Waals surface area contributed by atoms with Crippen LogP contribution in [0.2, 0.25) is 0 Å². The molecule has 6 N–H and O–H groups in total. The molecule has 9 aliphatic rings. The Labute approximate surface area is 298 Å². The maximum absolute atomic E-state index is 5.61. The molecule has 5 aliphatic heterocycles. The molecule has 16 atom stereocenters. The Hall–Kier alpha value is 1.68. The van der Waals surface area contributed by atoms with Crippen LogP contribution in [0.15, 0.2) is 0 Å². The Morgan fingerprint density at radius 2 is 0.500 bits per heavy atom. The molecule has 8 bridgehead atoms. The summed E-state index contributed by atoms with van der Waals surface area (Å²) in [6.45, 7) is 0. The third-order valence-electron chi connectivity index (χ3n) is 13.6. The third-order valence-corrected chi connectivity index (χ3v) is 13.6. The molecule has 0 amide bonds. The van der Waals surface area contributed by atoms with Crippen molar-refractivity contribution in [1.29, 1.82) is 0 Å². The van der Waals surface area contributed by atoms with E-state index in [0.29, 0.717) is 72.0 Å². The van der Waals surface area contributed by atoms with Crippen LogP contribution >= 0.6 is 0 Å². The van der Waals surface area contributed by atoms with Crippen LogP contribution in [0.3, 0.4) is 0 Å². The summed E-state index contributed by atoms with van der Waals surface area (Å²) in [6.07, 6.45) is 24.5. The molecule has 4 saturated carbocycles. The van der Waals surface area contributed by atoms with Gasteiger partial charge in [-0.2, -0.15) is 0 Å². The minimum atomic E-state index is 0. The molecular formula is C32H54N8Na2. The first-order chi connectivity index (χ1) is 19.8. The van der Waals surface area contributed by atoms with Crippen molar-refractivity contribution in [3.63, 3.8) is 0 Å². The molecule has 4 aliphatic carbocycles. The summed E-state index contributed by atoms with van der Waals surface area (Å²) in [5, 5.41) is 36.3. The molecule has 0 aromatic carbocycles. The number of nitrogens with one attached hydrogen (secondary N) is 6. The standard InChI is InChI=1S/C32H54N8.2Na/c1-2-10-18-17(9-1)25-33-26(18)38-28-21-13-5-6-14-22(21)30(35-28)40-32-24-16-8-7-15-23(24)31(36-32)39-29-20-12-4-3-11-19(20)27(34-29)37-25;;/h17-33,36-40H,1-16H2;;/q-2;2*+1. The Morgan fingerprint density at radius 1 is 0.286 bits per heavy atom. The van der Waals surface area contributed by atoms with E-state index in [-0.39, 0.29) is 83.8 Å². The summed E-state index contributed by atoms with van der Waals surface area (Å²) in [5.74, 6) is 5.59. The van der Waals surface area contributed by atoms with Crippen LogP contribution in [0.4, 0.5) is 0 Å². The van der Waals surface area contributed by atoms with Crippen molar-refractivity contribution in [3.8, 4) is 0 Å². The van der Waals surface area contributed by atoms with E-state index in [1.54, 1.807) is 0 Å². The fraction of sp³-hybridized carbons (Fsp3) is 1.00. The molecule has 0 spiro atoms. The summed E-state index contributed by atoms with van der Waals surface area (Å²) in [6, 6.07) is 0. The van der Waals surface area contributed by atoms with Gasteiger partial charge in [-0.25, -0.2) is 0 Å². The zero-order valence-electron chi connectivity index (χ0n) is 26.4. The number of fused-ring (bicyclic) bond motifs is 20. The molecule has 0 aromatic heterocycles. The summed E-state index contributed by atoms with van der Waals surface area (Å²) in [5.41, 5.74) is 0. The number of hydrogen-bond donors (Lipinski definition) is 6. The average Bonchev–Trinajstić information content (AvgIpc) is 3.73. The van der Waals surface area contributed by atoms with Crippen LogP contribution in [0.25, 0.3) is 10.6 Å². The molecule has 42 heavy (non-hydrogen) atoms. The van der Waals surface area contributed by atoms with Gasteiger partial charge in [0.2, 0.25) is 0 Å². The quantitative estimate of drug-likeness (QED) is 0.185. The largest absolute Gasteiger partial charge is 1.00 e. The molecule has 0 radical (unpaired) electrons. The fourth-order valence-electron chi connectivity index (χ4n) is 11.7. The van der Waals surface area contributed by atoms with Crippen LogP contribution < -0.4 is 91.0 Å². The average molecular weight is 597 g/mol. The van der Waals surface area contributed by atoms with E-state index in [2.05, 4.69) is 31.9 Å². The monoisotopic (exact) mass is 596 g/mol. The second-order valence-corrected chi connectivity index (χ2v) is 15.4. The molecule has 0 aromatic rings. The van der Waals surface area contributed by atoms with E-state index < -0.39 is 0 Å². The van der Waals surface area contributed by atoms with E-state index in [1.807, 2.05) is 0 Å². The van der Waals surface area contributed by atoms with Crippen molar-refractivity contribution in [2.75, 3.05) is 0 Å². The Kier molecular flexibility index (Phi) is 10.5. The molecule has 5 saturated heterocycles. The SMILES string of the molecule is C1CCC2C3[N-]C(NC4NC(NC5[N-]C(NC6NC(N3)C3CCCCC63)C3CCCCC53)C3CCCCC43)C2C1.[Na+].[Na+]. The van der Waals surface area contributed by atoms with Crippen molar-refractivity contribution < 1.29 is 59.1 Å². The van der Waals surface area contributed by atoms with Gasteiger partial charge in [-0.05, 0) is 73.0 Å². The first-order valence-corrected chi connectivity index (χ1v) is 17.8. The molecule has 16 unspecified atom stereocenters. The molecule has 8 nitrogen and oxygen atoms in total. The zero-order chi connectivity index (χ0) is 26.2. The minimum absolute atomic E-state index is 0. The first-order valence-electron chi connectivity index (χ1n) is 17.8. The predicted octanol–water partition coefficient (Wildman–Crippen LogP) is -1.82. The summed E-state index contributed by atoms with van der Waals surface area (Å²) >= 11 is 0. The fourth-order valence-corrected chi connectivity index (χ4v) is 11.7.